The highest BCUT2D eigenvalue weighted by molar-refractivity contribution is 6.01. The van der Waals surface area contributed by atoms with E-state index in [0.717, 1.165) is 12.0 Å². The maximum absolute atomic E-state index is 9.90. The van der Waals surface area contributed by atoms with Gasteiger partial charge in [0.2, 0.25) is 0 Å². The Bertz CT molecular complexity index is 411. The third-order valence-electron chi connectivity index (χ3n) is 2.77. The van der Waals surface area contributed by atoms with Gasteiger partial charge in [0, 0.05) is 5.71 Å². The standard InChI is InChI=1S/C13H19NO2/c1-4-6-9-12(15)8(3)7-10(13(9)16)11(14)5-2/h7,14-16H,4-6H2,1-3H3/p+1. The SMILES string of the molecule is CCCc1c(O)c(C)cc(C(=N)CC)c1[OH2+]. The minimum atomic E-state index is 0.222. The molecule has 0 aliphatic rings. The average molecular weight is 222 g/mol. The van der Waals surface area contributed by atoms with Crippen LogP contribution in [0.1, 0.15) is 43.4 Å². The second-order valence-electron chi connectivity index (χ2n) is 4.03. The molecule has 0 amide bonds. The molecule has 3 nitrogen and oxygen atoms in total. The normalized spacial score (nSPS) is 10.4. The van der Waals surface area contributed by atoms with Crippen molar-refractivity contribution in [3.8, 4) is 11.5 Å². The second-order valence-corrected chi connectivity index (χ2v) is 4.03. The summed E-state index contributed by atoms with van der Waals surface area (Å²) < 4.78 is 0. The van der Waals surface area contributed by atoms with Crippen molar-refractivity contribution in [3.05, 3.63) is 22.8 Å². The summed E-state index contributed by atoms with van der Waals surface area (Å²) in [5.74, 6) is 0.538. The highest BCUT2D eigenvalue weighted by Crippen LogP contribution is 2.35. The highest BCUT2D eigenvalue weighted by atomic mass is 16.3. The summed E-state index contributed by atoms with van der Waals surface area (Å²) in [4.78, 5) is 0. The van der Waals surface area contributed by atoms with Gasteiger partial charge in [0.1, 0.15) is 5.75 Å². The lowest BCUT2D eigenvalue weighted by Crippen LogP contribution is -2.01. The lowest BCUT2D eigenvalue weighted by atomic mass is 9.96. The summed E-state index contributed by atoms with van der Waals surface area (Å²) >= 11 is 0. The highest BCUT2D eigenvalue weighted by Gasteiger charge is 2.20. The maximum atomic E-state index is 9.90. The molecule has 0 aliphatic carbocycles. The van der Waals surface area contributed by atoms with Gasteiger partial charge >= 0.3 is 0 Å². The van der Waals surface area contributed by atoms with Gasteiger partial charge in [-0.15, -0.1) is 0 Å². The molecule has 0 aliphatic heterocycles. The third-order valence-corrected chi connectivity index (χ3v) is 2.77. The zero-order chi connectivity index (χ0) is 12.3. The minimum Gasteiger partial charge on any atom is -0.593 e. The van der Waals surface area contributed by atoms with Crippen LogP contribution in [0.5, 0.6) is 11.5 Å². The Hall–Kier alpha value is -1.51. The topological polar surface area (TPSA) is 67.0 Å². The fourth-order valence-corrected chi connectivity index (χ4v) is 1.80. The van der Waals surface area contributed by atoms with Gasteiger partial charge in [-0.2, -0.15) is 0 Å². The minimum absolute atomic E-state index is 0.222. The molecule has 0 heterocycles. The van der Waals surface area contributed by atoms with Crippen LogP contribution in [-0.4, -0.2) is 15.9 Å². The molecule has 0 radical (unpaired) electrons. The van der Waals surface area contributed by atoms with E-state index in [1.807, 2.05) is 20.8 Å². The maximum Gasteiger partial charge on any atom is 0.270 e. The summed E-state index contributed by atoms with van der Waals surface area (Å²) in [7, 11) is 0. The first-order valence-electron chi connectivity index (χ1n) is 5.67. The van der Waals surface area contributed by atoms with E-state index in [9.17, 15) is 5.11 Å². The molecule has 0 unspecified atom stereocenters. The van der Waals surface area contributed by atoms with Gasteiger partial charge in [0.05, 0.1) is 11.1 Å². The third kappa shape index (κ3) is 2.18. The zero-order valence-corrected chi connectivity index (χ0v) is 10.1. The van der Waals surface area contributed by atoms with Crippen molar-refractivity contribution < 1.29 is 10.2 Å². The van der Waals surface area contributed by atoms with Crippen LogP contribution in [0.15, 0.2) is 6.07 Å². The summed E-state index contributed by atoms with van der Waals surface area (Å²) in [6.45, 7) is 5.75. The Morgan fingerprint density at radius 2 is 2.06 bits per heavy atom. The van der Waals surface area contributed by atoms with Gasteiger partial charge < -0.3 is 15.6 Å². The van der Waals surface area contributed by atoms with Gasteiger partial charge in [-0.05, 0) is 31.4 Å². The van der Waals surface area contributed by atoms with Crippen molar-refractivity contribution >= 4 is 5.71 Å². The summed E-state index contributed by atoms with van der Waals surface area (Å²) in [6.07, 6.45) is 2.19. The second kappa shape index (κ2) is 5.01. The van der Waals surface area contributed by atoms with Gasteiger partial charge in [-0.25, -0.2) is 0 Å². The fourth-order valence-electron chi connectivity index (χ4n) is 1.80. The lowest BCUT2D eigenvalue weighted by molar-refractivity contribution is 0.434. The molecule has 4 N–H and O–H groups in total. The fraction of sp³-hybridized carbons (Fsp3) is 0.462. The largest absolute Gasteiger partial charge is 0.593 e. The van der Waals surface area contributed by atoms with Crippen molar-refractivity contribution in [1.29, 1.82) is 5.41 Å². The van der Waals surface area contributed by atoms with Crippen LogP contribution in [-0.2, 0) is 6.42 Å². The van der Waals surface area contributed by atoms with E-state index in [1.54, 1.807) is 6.07 Å². The van der Waals surface area contributed by atoms with Crippen LogP contribution >= 0.6 is 0 Å². The van der Waals surface area contributed by atoms with E-state index < -0.39 is 0 Å². The van der Waals surface area contributed by atoms with E-state index in [1.165, 1.54) is 0 Å². The molecule has 0 atom stereocenters. The number of rotatable bonds is 4. The molecular weight excluding hydrogens is 202 g/mol. The number of aromatic hydroxyl groups is 1. The van der Waals surface area contributed by atoms with Crippen LogP contribution in [0.4, 0.5) is 0 Å². The Morgan fingerprint density at radius 1 is 1.44 bits per heavy atom. The lowest BCUT2D eigenvalue weighted by Gasteiger charge is -2.11. The van der Waals surface area contributed by atoms with E-state index in [0.29, 0.717) is 35.4 Å². The van der Waals surface area contributed by atoms with E-state index >= 15 is 0 Å². The Balaban J connectivity index is 3.37. The van der Waals surface area contributed by atoms with Crippen LogP contribution in [0, 0.1) is 12.3 Å². The molecule has 0 saturated carbocycles. The molecule has 0 saturated heterocycles. The molecule has 0 bridgehead atoms. The van der Waals surface area contributed by atoms with Crippen molar-refractivity contribution in [3.63, 3.8) is 0 Å². The molecule has 1 aromatic carbocycles. The van der Waals surface area contributed by atoms with Crippen LogP contribution < -0.4 is 0 Å². The van der Waals surface area contributed by atoms with Crippen LogP contribution in [0.3, 0.4) is 0 Å². The number of nitrogens with one attached hydrogen (secondary N) is 1. The van der Waals surface area contributed by atoms with Crippen molar-refractivity contribution in [2.45, 2.75) is 40.0 Å². The first kappa shape index (κ1) is 12.6. The van der Waals surface area contributed by atoms with Crippen molar-refractivity contribution in [1.82, 2.24) is 0 Å². The van der Waals surface area contributed by atoms with Crippen LogP contribution in [0.2, 0.25) is 0 Å². The summed E-state index contributed by atoms with van der Waals surface area (Å²) in [6, 6.07) is 1.74. The number of aryl methyl sites for hydroxylation is 1. The molecule has 1 aromatic rings. The molecule has 3 heteroatoms. The molecule has 16 heavy (non-hydrogen) atoms. The van der Waals surface area contributed by atoms with Gasteiger partial charge in [0.25, 0.3) is 5.75 Å². The van der Waals surface area contributed by atoms with Crippen LogP contribution in [0.25, 0.3) is 0 Å². The number of hydrogen-bond acceptors (Lipinski definition) is 2. The Labute approximate surface area is 96.3 Å². The quantitative estimate of drug-likeness (QED) is 0.597. The van der Waals surface area contributed by atoms with Gasteiger partial charge in [-0.3, -0.25) is 0 Å². The molecule has 1 rings (SSSR count). The number of benzene rings is 1. The molecular formula is C13H20NO2+. The average Bonchev–Trinajstić information content (AvgIpc) is 2.28. The Morgan fingerprint density at radius 3 is 2.56 bits per heavy atom. The first-order chi connectivity index (χ1) is 7.52. The summed E-state index contributed by atoms with van der Waals surface area (Å²) in [5, 5.41) is 25.7. The number of phenolic OH excluding ortho intramolecular Hbond substituents is 1. The van der Waals surface area contributed by atoms with Gasteiger partial charge in [-0.1, -0.05) is 20.3 Å². The summed E-state index contributed by atoms with van der Waals surface area (Å²) in [5.41, 5.74) is 2.55. The monoisotopic (exact) mass is 222 g/mol. The number of phenols is 1. The molecule has 0 spiro atoms. The molecule has 0 aromatic heterocycles. The number of hydrogen-bond donors (Lipinski definition) is 2. The van der Waals surface area contributed by atoms with Crippen molar-refractivity contribution in [2.75, 3.05) is 0 Å². The smallest absolute Gasteiger partial charge is 0.270 e. The molecule has 0 fully saturated rings. The first-order valence-corrected chi connectivity index (χ1v) is 5.67. The van der Waals surface area contributed by atoms with E-state index in [4.69, 9.17) is 10.5 Å². The van der Waals surface area contributed by atoms with Gasteiger partial charge in [0.15, 0.2) is 0 Å². The predicted octanol–water partition coefficient (Wildman–Crippen LogP) is 2.87. The Kier molecular flexibility index (Phi) is 3.93. The predicted molar refractivity (Wildman–Crippen MR) is 67.0 cm³/mol. The van der Waals surface area contributed by atoms with Crippen molar-refractivity contribution in [2.24, 2.45) is 0 Å². The van der Waals surface area contributed by atoms with E-state index in [2.05, 4.69) is 0 Å². The molecule has 88 valence electrons. The van der Waals surface area contributed by atoms with E-state index in [-0.39, 0.29) is 5.75 Å². The zero-order valence-electron chi connectivity index (χ0n) is 10.1.